The number of rotatable bonds is 1. The van der Waals surface area contributed by atoms with Crippen LogP contribution >= 0.6 is 0 Å². The smallest absolute Gasteiger partial charge is 0.336 e. The van der Waals surface area contributed by atoms with E-state index >= 15 is 0 Å². The van der Waals surface area contributed by atoms with E-state index in [1.807, 2.05) is 0 Å². The normalized spacial score (nSPS) is 9.83. The van der Waals surface area contributed by atoms with Crippen LogP contribution in [-0.2, 0) is 0 Å². The van der Waals surface area contributed by atoms with E-state index in [9.17, 15) is 15.3 Å². The number of aryl methyl sites for hydroxylation is 1. The van der Waals surface area contributed by atoms with Gasteiger partial charge in [0.1, 0.15) is 0 Å². The molecule has 5 heteroatoms. The molecular formula is C7H8N2O3. The van der Waals surface area contributed by atoms with E-state index < -0.39 is 4.92 Å². The zero-order valence-corrected chi connectivity index (χ0v) is 6.77. The fourth-order valence-corrected chi connectivity index (χ4v) is 0.937. The fourth-order valence-electron chi connectivity index (χ4n) is 0.937. The van der Waals surface area contributed by atoms with Crippen LogP contribution in [-0.4, -0.2) is 4.92 Å². The van der Waals surface area contributed by atoms with Gasteiger partial charge >= 0.3 is 5.69 Å². The molecule has 1 aromatic heterocycles. The van der Waals surface area contributed by atoms with E-state index in [1.54, 1.807) is 6.92 Å². The third-order valence-electron chi connectivity index (χ3n) is 1.58. The number of pyridine rings is 1. The average molecular weight is 168 g/mol. The predicted molar refractivity (Wildman–Crippen MR) is 41.5 cm³/mol. The molecule has 64 valence electrons. The molecule has 0 saturated carbocycles. The van der Waals surface area contributed by atoms with Crippen molar-refractivity contribution in [2.75, 3.05) is 0 Å². The Bertz CT molecular complexity index is 336. The van der Waals surface area contributed by atoms with Gasteiger partial charge in [-0.1, -0.05) is 0 Å². The Balaban J connectivity index is 3.37. The number of hydrogen-bond donors (Lipinski definition) is 0. The van der Waals surface area contributed by atoms with Crippen LogP contribution in [0.15, 0.2) is 12.3 Å². The summed E-state index contributed by atoms with van der Waals surface area (Å²) in [6, 6.07) is 1.38. The van der Waals surface area contributed by atoms with E-state index in [0.29, 0.717) is 10.3 Å². The number of hydrogen-bond acceptors (Lipinski definition) is 3. The van der Waals surface area contributed by atoms with Gasteiger partial charge in [-0.3, -0.25) is 10.1 Å². The first-order valence-corrected chi connectivity index (χ1v) is 3.37. The van der Waals surface area contributed by atoms with Gasteiger partial charge in [-0.25, -0.2) is 0 Å². The molecule has 0 saturated heterocycles. The lowest BCUT2D eigenvalue weighted by molar-refractivity contribution is -0.617. The van der Waals surface area contributed by atoms with Crippen LogP contribution in [0.1, 0.15) is 11.3 Å². The second kappa shape index (κ2) is 2.77. The molecule has 0 radical (unpaired) electrons. The molecule has 0 aliphatic heterocycles. The highest BCUT2D eigenvalue weighted by Crippen LogP contribution is 2.14. The second-order valence-corrected chi connectivity index (χ2v) is 2.57. The Morgan fingerprint density at radius 2 is 2.08 bits per heavy atom. The van der Waals surface area contributed by atoms with Crippen molar-refractivity contribution >= 4 is 5.69 Å². The Morgan fingerprint density at radius 3 is 2.58 bits per heavy atom. The summed E-state index contributed by atoms with van der Waals surface area (Å²) >= 11 is 0. The Kier molecular flexibility index (Phi) is 1.95. The van der Waals surface area contributed by atoms with Crippen LogP contribution < -0.4 is 4.73 Å². The third-order valence-corrected chi connectivity index (χ3v) is 1.58. The maximum atomic E-state index is 11.0. The lowest BCUT2D eigenvalue weighted by Gasteiger charge is -2.01. The second-order valence-electron chi connectivity index (χ2n) is 2.57. The maximum Gasteiger partial charge on any atom is 0.336 e. The van der Waals surface area contributed by atoms with Crippen LogP contribution in [0, 0.1) is 29.2 Å². The van der Waals surface area contributed by atoms with E-state index in [2.05, 4.69) is 0 Å². The minimum absolute atomic E-state index is 0.116. The van der Waals surface area contributed by atoms with E-state index in [1.165, 1.54) is 19.2 Å². The molecular weight excluding hydrogens is 160 g/mol. The van der Waals surface area contributed by atoms with Crippen LogP contribution in [0.3, 0.4) is 0 Å². The fraction of sp³-hybridized carbons (Fsp3) is 0.286. The van der Waals surface area contributed by atoms with Crippen molar-refractivity contribution in [3.8, 4) is 0 Å². The summed E-state index contributed by atoms with van der Waals surface area (Å²) in [5.41, 5.74) is 0.568. The van der Waals surface area contributed by atoms with Crippen molar-refractivity contribution < 1.29 is 9.65 Å². The summed E-state index contributed by atoms with van der Waals surface area (Å²) < 4.78 is 0.507. The van der Waals surface area contributed by atoms with Crippen LogP contribution in [0.5, 0.6) is 0 Å². The van der Waals surface area contributed by atoms with E-state index in [0.717, 1.165) is 0 Å². The molecule has 0 amide bonds. The van der Waals surface area contributed by atoms with Crippen LogP contribution in [0.4, 0.5) is 5.69 Å². The molecule has 0 aromatic carbocycles. The molecule has 1 heterocycles. The number of nitro groups is 1. The maximum absolute atomic E-state index is 11.0. The SMILES string of the molecule is Cc1cc([N+](=O)[O-])c(C)[n+]([O-])c1. The highest BCUT2D eigenvalue weighted by atomic mass is 16.6. The van der Waals surface area contributed by atoms with Crippen molar-refractivity contribution in [1.29, 1.82) is 0 Å². The summed E-state index contributed by atoms with van der Waals surface area (Å²) in [6.07, 6.45) is 1.31. The van der Waals surface area contributed by atoms with Crippen molar-refractivity contribution in [1.82, 2.24) is 0 Å². The molecule has 0 aliphatic rings. The van der Waals surface area contributed by atoms with Gasteiger partial charge in [0.15, 0.2) is 6.20 Å². The van der Waals surface area contributed by atoms with Gasteiger partial charge in [-0.2, -0.15) is 4.73 Å². The third kappa shape index (κ3) is 1.34. The van der Waals surface area contributed by atoms with Gasteiger partial charge < -0.3 is 5.21 Å². The molecule has 0 unspecified atom stereocenters. The zero-order valence-electron chi connectivity index (χ0n) is 6.77. The molecule has 0 fully saturated rings. The zero-order chi connectivity index (χ0) is 9.30. The molecule has 0 bridgehead atoms. The number of aromatic nitrogens is 1. The van der Waals surface area contributed by atoms with Gasteiger partial charge in [0.25, 0.3) is 5.69 Å². The van der Waals surface area contributed by atoms with E-state index in [-0.39, 0.29) is 11.4 Å². The van der Waals surface area contributed by atoms with E-state index in [4.69, 9.17) is 0 Å². The topological polar surface area (TPSA) is 70.1 Å². The van der Waals surface area contributed by atoms with Crippen LogP contribution in [0.2, 0.25) is 0 Å². The van der Waals surface area contributed by atoms with Crippen molar-refractivity contribution in [2.45, 2.75) is 13.8 Å². The molecule has 5 nitrogen and oxygen atoms in total. The van der Waals surface area contributed by atoms with Gasteiger partial charge in [0, 0.05) is 18.6 Å². The van der Waals surface area contributed by atoms with Gasteiger partial charge in [0.2, 0.25) is 0 Å². The standard InChI is InChI=1S/C7H8N2O3/c1-5-3-7(9(11)12)6(2)8(10)4-5/h3-4H,1-2H3. The molecule has 0 aliphatic carbocycles. The number of nitrogens with zero attached hydrogens (tertiary/aromatic N) is 2. The van der Waals surface area contributed by atoms with Gasteiger partial charge in [-0.05, 0) is 6.92 Å². The lowest BCUT2D eigenvalue weighted by Crippen LogP contribution is -2.30. The minimum atomic E-state index is -0.559. The first-order chi connectivity index (χ1) is 5.52. The van der Waals surface area contributed by atoms with Crippen molar-refractivity contribution in [2.24, 2.45) is 0 Å². The highest BCUT2D eigenvalue weighted by molar-refractivity contribution is 5.33. The molecule has 0 N–H and O–H groups in total. The van der Waals surface area contributed by atoms with Crippen molar-refractivity contribution in [3.63, 3.8) is 0 Å². The average Bonchev–Trinajstić information content (AvgIpc) is 1.96. The Morgan fingerprint density at radius 1 is 1.50 bits per heavy atom. The van der Waals surface area contributed by atoms with Crippen LogP contribution in [0.25, 0.3) is 0 Å². The Hall–Kier alpha value is -1.65. The predicted octanol–water partition coefficient (Wildman–Crippen LogP) is 0.845. The summed E-state index contributed by atoms with van der Waals surface area (Å²) in [4.78, 5) is 9.82. The van der Waals surface area contributed by atoms with Gasteiger partial charge in [0.05, 0.1) is 4.92 Å². The quantitative estimate of drug-likeness (QED) is 0.270. The first kappa shape index (κ1) is 8.45. The molecule has 0 spiro atoms. The molecule has 1 rings (SSSR count). The van der Waals surface area contributed by atoms with Crippen molar-refractivity contribution in [3.05, 3.63) is 38.8 Å². The summed E-state index contributed by atoms with van der Waals surface area (Å²) in [5, 5.41) is 21.4. The summed E-state index contributed by atoms with van der Waals surface area (Å²) in [6.45, 7) is 3.06. The first-order valence-electron chi connectivity index (χ1n) is 3.37. The highest BCUT2D eigenvalue weighted by Gasteiger charge is 2.18. The Labute approximate surface area is 69.0 Å². The molecule has 1 aromatic rings. The summed E-state index contributed by atoms with van der Waals surface area (Å²) in [5.74, 6) is 0. The van der Waals surface area contributed by atoms with Gasteiger partial charge in [-0.15, -0.1) is 0 Å². The monoisotopic (exact) mass is 168 g/mol. The molecule has 12 heavy (non-hydrogen) atoms. The summed E-state index contributed by atoms with van der Waals surface area (Å²) in [7, 11) is 0. The largest absolute Gasteiger partial charge is 0.618 e. The molecule has 0 atom stereocenters. The lowest BCUT2D eigenvalue weighted by atomic mass is 10.2. The minimum Gasteiger partial charge on any atom is -0.618 e.